The zero-order valence-electron chi connectivity index (χ0n) is 23.4. The second-order valence-corrected chi connectivity index (χ2v) is 8.86. The van der Waals surface area contributed by atoms with Crippen LogP contribution in [0.5, 0.6) is 17.2 Å². The number of hydrogen-bond acceptors (Lipinski definition) is 7. The third-order valence-corrected chi connectivity index (χ3v) is 6.05. The Morgan fingerprint density at radius 2 is 1.57 bits per heavy atom. The van der Waals surface area contributed by atoms with Gasteiger partial charge in [0.2, 0.25) is 5.91 Å². The molecular weight excluding hydrogens is 514 g/mol. The van der Waals surface area contributed by atoms with E-state index in [2.05, 4.69) is 10.6 Å². The molecule has 0 aliphatic rings. The van der Waals surface area contributed by atoms with Crippen molar-refractivity contribution in [1.29, 1.82) is 0 Å². The second-order valence-electron chi connectivity index (χ2n) is 8.86. The fourth-order valence-corrected chi connectivity index (χ4v) is 3.79. The van der Waals surface area contributed by atoms with Crippen molar-refractivity contribution in [3.63, 3.8) is 0 Å². The first kappa shape index (κ1) is 29.8. The SMILES string of the molecule is CCOC(=O)c1ccc(OCCN(C)C(=O)Cc2ccc(NC(=O)Nc3ccccc3C)c(OC)c2)c(OC)c1. The van der Waals surface area contributed by atoms with E-state index in [4.69, 9.17) is 18.9 Å². The third-order valence-electron chi connectivity index (χ3n) is 6.05. The van der Waals surface area contributed by atoms with Crippen LogP contribution in [-0.4, -0.2) is 63.8 Å². The van der Waals surface area contributed by atoms with E-state index in [1.807, 2.05) is 31.2 Å². The lowest BCUT2D eigenvalue weighted by Gasteiger charge is -2.19. The smallest absolute Gasteiger partial charge is 0.338 e. The molecule has 2 N–H and O–H groups in total. The van der Waals surface area contributed by atoms with Crippen molar-refractivity contribution in [2.45, 2.75) is 20.3 Å². The number of hydrogen-bond donors (Lipinski definition) is 2. The minimum Gasteiger partial charge on any atom is -0.495 e. The quantitative estimate of drug-likeness (QED) is 0.308. The minimum absolute atomic E-state index is 0.117. The number of nitrogens with zero attached hydrogens (tertiary/aromatic N) is 1. The lowest BCUT2D eigenvalue weighted by atomic mass is 10.1. The molecule has 0 aliphatic carbocycles. The first-order valence-electron chi connectivity index (χ1n) is 12.8. The molecule has 10 heteroatoms. The van der Waals surface area contributed by atoms with Gasteiger partial charge in [0.1, 0.15) is 12.4 Å². The van der Waals surface area contributed by atoms with Crippen molar-refractivity contribution in [1.82, 2.24) is 4.90 Å². The minimum atomic E-state index is -0.441. The molecule has 0 spiro atoms. The van der Waals surface area contributed by atoms with E-state index in [0.717, 1.165) is 11.1 Å². The van der Waals surface area contributed by atoms with Crippen LogP contribution in [0.4, 0.5) is 16.2 Å². The number of esters is 1. The molecule has 10 nitrogen and oxygen atoms in total. The van der Waals surface area contributed by atoms with E-state index < -0.39 is 12.0 Å². The van der Waals surface area contributed by atoms with Gasteiger partial charge in [0.25, 0.3) is 0 Å². The highest BCUT2D eigenvalue weighted by Gasteiger charge is 2.15. The van der Waals surface area contributed by atoms with Crippen molar-refractivity contribution in [2.24, 2.45) is 0 Å². The lowest BCUT2D eigenvalue weighted by molar-refractivity contribution is -0.129. The highest BCUT2D eigenvalue weighted by atomic mass is 16.5. The van der Waals surface area contributed by atoms with Crippen molar-refractivity contribution >= 4 is 29.3 Å². The number of amides is 3. The fourth-order valence-electron chi connectivity index (χ4n) is 3.79. The summed E-state index contributed by atoms with van der Waals surface area (Å²) in [6.07, 6.45) is 0.139. The fraction of sp³-hybridized carbons (Fsp3) is 0.300. The standard InChI is InChI=1S/C30H35N3O7/c1-6-39-29(35)22-12-14-25(27(19-22)38-5)40-16-15-33(3)28(34)18-21-11-13-24(26(17-21)37-4)32-30(36)31-23-10-8-7-9-20(23)2/h7-14,17,19H,6,15-16,18H2,1-5H3,(H2,31,32,36). The molecule has 0 aliphatic heterocycles. The Morgan fingerprint density at radius 3 is 2.27 bits per heavy atom. The summed E-state index contributed by atoms with van der Waals surface area (Å²) in [4.78, 5) is 38.8. The molecule has 0 unspecified atom stereocenters. The van der Waals surface area contributed by atoms with Crippen molar-refractivity contribution < 1.29 is 33.3 Å². The number of urea groups is 1. The van der Waals surface area contributed by atoms with Gasteiger partial charge in [0, 0.05) is 12.7 Å². The number of carbonyl (C=O) groups excluding carboxylic acids is 3. The third kappa shape index (κ3) is 8.13. The van der Waals surface area contributed by atoms with E-state index in [9.17, 15) is 14.4 Å². The van der Waals surface area contributed by atoms with Gasteiger partial charge in [-0.25, -0.2) is 9.59 Å². The van der Waals surface area contributed by atoms with Crippen molar-refractivity contribution in [2.75, 3.05) is 51.7 Å². The zero-order valence-corrected chi connectivity index (χ0v) is 23.4. The molecular formula is C30H35N3O7. The Bertz CT molecular complexity index is 1340. The summed E-state index contributed by atoms with van der Waals surface area (Å²) in [6, 6.07) is 17.1. The molecule has 3 amide bonds. The summed E-state index contributed by atoms with van der Waals surface area (Å²) >= 11 is 0. The van der Waals surface area contributed by atoms with Crippen LogP contribution in [0.15, 0.2) is 60.7 Å². The molecule has 0 heterocycles. The van der Waals surface area contributed by atoms with Crippen LogP contribution in [0.2, 0.25) is 0 Å². The topological polar surface area (TPSA) is 115 Å². The number of carbonyl (C=O) groups is 3. The summed E-state index contributed by atoms with van der Waals surface area (Å²) in [5, 5.41) is 5.60. The summed E-state index contributed by atoms with van der Waals surface area (Å²) in [5.74, 6) is 0.732. The van der Waals surface area contributed by atoms with Crippen LogP contribution in [0, 0.1) is 6.92 Å². The molecule has 0 saturated carbocycles. The Morgan fingerprint density at radius 1 is 0.850 bits per heavy atom. The van der Waals surface area contributed by atoms with Gasteiger partial charge < -0.3 is 34.5 Å². The van der Waals surface area contributed by atoms with Gasteiger partial charge in [-0.15, -0.1) is 0 Å². The van der Waals surface area contributed by atoms with Crippen molar-refractivity contribution in [3.05, 3.63) is 77.4 Å². The van der Waals surface area contributed by atoms with Crippen LogP contribution in [0.25, 0.3) is 0 Å². The molecule has 0 radical (unpaired) electrons. The van der Waals surface area contributed by atoms with Crippen LogP contribution in [0.3, 0.4) is 0 Å². The summed E-state index contributed by atoms with van der Waals surface area (Å²) in [6.45, 7) is 4.48. The Hall–Kier alpha value is -4.73. The van der Waals surface area contributed by atoms with Crippen LogP contribution < -0.4 is 24.8 Å². The maximum absolute atomic E-state index is 12.8. The predicted molar refractivity (Wildman–Crippen MR) is 153 cm³/mol. The van der Waals surface area contributed by atoms with Gasteiger partial charge in [0.05, 0.1) is 45.0 Å². The first-order valence-corrected chi connectivity index (χ1v) is 12.8. The number of aryl methyl sites for hydroxylation is 1. The first-order chi connectivity index (χ1) is 19.2. The molecule has 3 rings (SSSR count). The molecule has 0 bridgehead atoms. The van der Waals surface area contributed by atoms with E-state index in [0.29, 0.717) is 40.7 Å². The molecule has 0 atom stereocenters. The number of nitrogens with one attached hydrogen (secondary N) is 2. The maximum atomic E-state index is 12.8. The number of rotatable bonds is 12. The zero-order chi connectivity index (χ0) is 29.1. The van der Waals surface area contributed by atoms with Gasteiger partial charge in [-0.2, -0.15) is 0 Å². The highest BCUT2D eigenvalue weighted by molar-refractivity contribution is 6.01. The number of methoxy groups -OCH3 is 2. The molecule has 0 fully saturated rings. The summed E-state index contributed by atoms with van der Waals surface area (Å²) < 4.78 is 21.6. The largest absolute Gasteiger partial charge is 0.495 e. The van der Waals surface area contributed by atoms with Crippen LogP contribution in [-0.2, 0) is 16.0 Å². The molecule has 0 saturated heterocycles. The normalized spacial score (nSPS) is 10.3. The van der Waals surface area contributed by atoms with Crippen LogP contribution in [0.1, 0.15) is 28.4 Å². The van der Waals surface area contributed by atoms with Gasteiger partial charge in [-0.3, -0.25) is 4.79 Å². The number of likely N-dealkylation sites (N-methyl/N-ethyl adjacent to an activating group) is 1. The average Bonchev–Trinajstić information content (AvgIpc) is 2.95. The Balaban J connectivity index is 1.54. The number of para-hydroxylation sites is 1. The number of anilines is 2. The molecule has 212 valence electrons. The monoisotopic (exact) mass is 549 g/mol. The summed E-state index contributed by atoms with van der Waals surface area (Å²) in [7, 11) is 4.68. The van der Waals surface area contributed by atoms with E-state index >= 15 is 0 Å². The summed E-state index contributed by atoms with van der Waals surface area (Å²) in [5.41, 5.74) is 3.23. The van der Waals surface area contributed by atoms with Gasteiger partial charge in [0.15, 0.2) is 11.5 Å². The average molecular weight is 550 g/mol. The van der Waals surface area contributed by atoms with Crippen molar-refractivity contribution in [3.8, 4) is 17.2 Å². The number of benzene rings is 3. The molecule has 3 aromatic carbocycles. The number of ether oxygens (including phenoxy) is 4. The highest BCUT2D eigenvalue weighted by Crippen LogP contribution is 2.29. The Kier molecular flexibility index (Phi) is 10.8. The van der Waals surface area contributed by atoms with E-state index in [1.165, 1.54) is 14.2 Å². The maximum Gasteiger partial charge on any atom is 0.338 e. The molecule has 0 aromatic heterocycles. The van der Waals surface area contributed by atoms with E-state index in [1.54, 1.807) is 55.3 Å². The second kappa shape index (κ2) is 14.4. The predicted octanol–water partition coefficient (Wildman–Crippen LogP) is 4.91. The Labute approximate surface area is 234 Å². The lowest BCUT2D eigenvalue weighted by Crippen LogP contribution is -2.32. The van der Waals surface area contributed by atoms with Gasteiger partial charge in [-0.05, 0) is 61.4 Å². The van der Waals surface area contributed by atoms with Gasteiger partial charge in [-0.1, -0.05) is 24.3 Å². The molecule has 3 aromatic rings. The van der Waals surface area contributed by atoms with Crippen LogP contribution >= 0.6 is 0 Å². The van der Waals surface area contributed by atoms with E-state index in [-0.39, 0.29) is 25.5 Å². The molecule has 40 heavy (non-hydrogen) atoms. The van der Waals surface area contributed by atoms with Gasteiger partial charge >= 0.3 is 12.0 Å².